The first-order chi connectivity index (χ1) is 15.1. The smallest absolute Gasteiger partial charge is 0.456 e. The van der Waals surface area contributed by atoms with Crippen LogP contribution in [0.5, 0.6) is 11.5 Å². The molecule has 2 aromatic carbocycles. The normalized spacial score (nSPS) is 17.8. The standard InChI is InChI=1S/C19H15F4N3O5S/c20-10-7-14-12(9-24-25-14)16(8-10)31-15-2-1-13(26-32(27,28)19(21,22)23)17-11(15)3-4-18(17)29-5-6-30-18/h1-2,7-9,26H,3-6H2,(H,24,25). The van der Waals surface area contributed by atoms with Gasteiger partial charge in [0.1, 0.15) is 17.3 Å². The zero-order valence-electron chi connectivity index (χ0n) is 16.1. The first-order valence-electron chi connectivity index (χ1n) is 9.43. The molecular formula is C19H15F4N3O5S. The van der Waals surface area contributed by atoms with Crippen molar-refractivity contribution in [3.8, 4) is 11.5 Å². The molecule has 2 heterocycles. The Bertz CT molecular complexity index is 1320. The Hall–Kier alpha value is -2.90. The Morgan fingerprint density at radius 1 is 1.16 bits per heavy atom. The van der Waals surface area contributed by atoms with Gasteiger partial charge in [-0.2, -0.15) is 26.7 Å². The minimum absolute atomic E-state index is 0.111. The van der Waals surface area contributed by atoms with Gasteiger partial charge in [-0.05, 0) is 24.6 Å². The largest absolute Gasteiger partial charge is 0.516 e. The summed E-state index contributed by atoms with van der Waals surface area (Å²) in [6, 6.07) is 4.85. The van der Waals surface area contributed by atoms with Crippen molar-refractivity contribution in [2.75, 3.05) is 17.9 Å². The van der Waals surface area contributed by atoms with Crippen molar-refractivity contribution in [3.05, 3.63) is 47.4 Å². The van der Waals surface area contributed by atoms with Crippen molar-refractivity contribution in [1.29, 1.82) is 0 Å². The molecule has 1 aliphatic heterocycles. The van der Waals surface area contributed by atoms with Crippen LogP contribution in [-0.4, -0.2) is 37.3 Å². The van der Waals surface area contributed by atoms with E-state index in [-0.39, 0.29) is 48.8 Å². The Morgan fingerprint density at radius 2 is 1.91 bits per heavy atom. The number of nitrogens with zero attached hydrogens (tertiary/aromatic N) is 1. The van der Waals surface area contributed by atoms with Gasteiger partial charge in [0.25, 0.3) is 0 Å². The van der Waals surface area contributed by atoms with Crippen LogP contribution in [0.1, 0.15) is 17.5 Å². The summed E-state index contributed by atoms with van der Waals surface area (Å²) in [4.78, 5) is 0. The molecule has 0 amide bonds. The third-order valence-electron chi connectivity index (χ3n) is 5.36. The molecule has 1 spiro atoms. The summed E-state index contributed by atoms with van der Waals surface area (Å²) in [6.45, 7) is 0.380. The van der Waals surface area contributed by atoms with Crippen LogP contribution < -0.4 is 9.46 Å². The fourth-order valence-corrected chi connectivity index (χ4v) is 4.62. The van der Waals surface area contributed by atoms with E-state index in [1.807, 2.05) is 0 Å². The summed E-state index contributed by atoms with van der Waals surface area (Å²) >= 11 is 0. The highest BCUT2D eigenvalue weighted by Crippen LogP contribution is 2.51. The molecule has 1 fully saturated rings. The number of H-pyrrole nitrogens is 1. The summed E-state index contributed by atoms with van der Waals surface area (Å²) in [7, 11) is -5.68. The highest BCUT2D eigenvalue weighted by molar-refractivity contribution is 7.93. The molecule has 5 rings (SSSR count). The topological polar surface area (TPSA) is 103 Å². The van der Waals surface area contributed by atoms with E-state index >= 15 is 0 Å². The molecule has 0 bridgehead atoms. The lowest BCUT2D eigenvalue weighted by Gasteiger charge is -2.26. The molecule has 3 aromatic rings. The molecule has 2 N–H and O–H groups in total. The zero-order valence-corrected chi connectivity index (χ0v) is 16.9. The Labute approximate surface area is 178 Å². The Morgan fingerprint density at radius 3 is 2.62 bits per heavy atom. The number of anilines is 1. The molecule has 1 aromatic heterocycles. The lowest BCUT2D eigenvalue weighted by atomic mass is 10.0. The lowest BCUT2D eigenvalue weighted by molar-refractivity contribution is -0.162. The summed E-state index contributed by atoms with van der Waals surface area (Å²) < 4.78 is 95.3. The second-order valence-electron chi connectivity index (χ2n) is 7.30. The van der Waals surface area contributed by atoms with Crippen LogP contribution in [0.15, 0.2) is 30.5 Å². The van der Waals surface area contributed by atoms with Crippen LogP contribution in [-0.2, 0) is 31.7 Å². The van der Waals surface area contributed by atoms with Gasteiger partial charge in [-0.1, -0.05) is 0 Å². The number of fused-ring (bicyclic) bond motifs is 3. The average Bonchev–Trinajstić information content (AvgIpc) is 3.44. The molecule has 1 aliphatic carbocycles. The second kappa shape index (κ2) is 7.05. The third kappa shape index (κ3) is 3.27. The summed E-state index contributed by atoms with van der Waals surface area (Å²) in [5.41, 5.74) is -4.93. The average molecular weight is 473 g/mol. The van der Waals surface area contributed by atoms with Crippen molar-refractivity contribution in [2.45, 2.75) is 24.1 Å². The van der Waals surface area contributed by atoms with E-state index in [2.05, 4.69) is 10.2 Å². The maximum atomic E-state index is 14.0. The van der Waals surface area contributed by atoms with E-state index < -0.39 is 27.1 Å². The van der Waals surface area contributed by atoms with Crippen molar-refractivity contribution < 1.29 is 40.2 Å². The first-order valence-corrected chi connectivity index (χ1v) is 10.9. The predicted molar refractivity (Wildman–Crippen MR) is 103 cm³/mol. The number of sulfonamides is 1. The van der Waals surface area contributed by atoms with Gasteiger partial charge in [0.05, 0.1) is 36.0 Å². The lowest BCUT2D eigenvalue weighted by Crippen LogP contribution is -2.32. The van der Waals surface area contributed by atoms with Gasteiger partial charge in [-0.15, -0.1) is 0 Å². The van der Waals surface area contributed by atoms with Crippen LogP contribution in [0.2, 0.25) is 0 Å². The Kier molecular flexibility index (Phi) is 4.62. The number of halogens is 4. The number of benzene rings is 2. The molecular weight excluding hydrogens is 458 g/mol. The molecule has 2 aliphatic rings. The molecule has 0 radical (unpaired) electrons. The highest BCUT2D eigenvalue weighted by atomic mass is 32.2. The van der Waals surface area contributed by atoms with Crippen LogP contribution in [0.25, 0.3) is 10.9 Å². The SMILES string of the molecule is O=S(=O)(Nc1ccc(Oc2cc(F)cc3[nH]ncc23)c2c1C1(CC2)OCCO1)C(F)(F)F. The van der Waals surface area contributed by atoms with Crippen molar-refractivity contribution in [1.82, 2.24) is 10.2 Å². The molecule has 0 saturated carbocycles. The quantitative estimate of drug-likeness (QED) is 0.558. The van der Waals surface area contributed by atoms with Gasteiger partial charge in [0.15, 0.2) is 5.79 Å². The maximum Gasteiger partial charge on any atom is 0.516 e. The van der Waals surface area contributed by atoms with Crippen LogP contribution in [0, 0.1) is 5.82 Å². The molecule has 32 heavy (non-hydrogen) atoms. The van der Waals surface area contributed by atoms with E-state index in [0.29, 0.717) is 16.5 Å². The minimum Gasteiger partial charge on any atom is -0.456 e. The minimum atomic E-state index is -5.68. The number of rotatable bonds is 4. The van der Waals surface area contributed by atoms with Crippen molar-refractivity contribution in [2.24, 2.45) is 0 Å². The van der Waals surface area contributed by atoms with Crippen LogP contribution in [0.4, 0.5) is 23.2 Å². The number of nitrogens with one attached hydrogen (secondary N) is 2. The van der Waals surface area contributed by atoms with Gasteiger partial charge >= 0.3 is 15.5 Å². The predicted octanol–water partition coefficient (Wildman–Crippen LogP) is 3.90. The summed E-state index contributed by atoms with van der Waals surface area (Å²) in [6.07, 6.45) is 1.96. The van der Waals surface area contributed by atoms with E-state index in [1.54, 1.807) is 4.72 Å². The van der Waals surface area contributed by atoms with Crippen molar-refractivity contribution in [3.63, 3.8) is 0 Å². The number of aromatic amines is 1. The maximum absolute atomic E-state index is 14.0. The highest BCUT2D eigenvalue weighted by Gasteiger charge is 2.50. The van der Waals surface area contributed by atoms with Gasteiger partial charge in [-0.3, -0.25) is 9.82 Å². The van der Waals surface area contributed by atoms with Gasteiger partial charge in [-0.25, -0.2) is 4.39 Å². The molecule has 0 unspecified atom stereocenters. The van der Waals surface area contributed by atoms with Gasteiger partial charge < -0.3 is 14.2 Å². The van der Waals surface area contributed by atoms with Gasteiger partial charge in [0, 0.05) is 23.6 Å². The number of hydrogen-bond donors (Lipinski definition) is 2. The van der Waals surface area contributed by atoms with E-state index in [4.69, 9.17) is 14.2 Å². The fourth-order valence-electron chi connectivity index (χ4n) is 4.04. The Balaban J connectivity index is 1.62. The molecule has 1 saturated heterocycles. The van der Waals surface area contributed by atoms with Crippen LogP contribution >= 0.6 is 0 Å². The van der Waals surface area contributed by atoms with Gasteiger partial charge in [0.2, 0.25) is 0 Å². The fraction of sp³-hybridized carbons (Fsp3) is 0.316. The second-order valence-corrected chi connectivity index (χ2v) is 8.98. The van der Waals surface area contributed by atoms with E-state index in [1.165, 1.54) is 18.3 Å². The third-order valence-corrected chi connectivity index (χ3v) is 6.46. The summed E-state index contributed by atoms with van der Waals surface area (Å²) in [5.74, 6) is -1.64. The zero-order chi connectivity index (χ0) is 22.7. The molecule has 170 valence electrons. The number of aromatic nitrogens is 2. The molecule has 0 atom stereocenters. The summed E-state index contributed by atoms with van der Waals surface area (Å²) in [5, 5.41) is 6.98. The van der Waals surface area contributed by atoms with E-state index in [0.717, 1.165) is 12.1 Å². The number of hydrogen-bond acceptors (Lipinski definition) is 6. The number of ether oxygens (including phenoxy) is 3. The number of alkyl halides is 3. The molecule has 8 nitrogen and oxygen atoms in total. The van der Waals surface area contributed by atoms with Crippen molar-refractivity contribution >= 4 is 26.6 Å². The van der Waals surface area contributed by atoms with E-state index in [9.17, 15) is 26.0 Å². The van der Waals surface area contributed by atoms with Crippen LogP contribution in [0.3, 0.4) is 0 Å². The first kappa shape index (κ1) is 21.0. The monoisotopic (exact) mass is 473 g/mol. The molecule has 13 heteroatoms.